The Labute approximate surface area is 368 Å². The molecule has 0 aliphatic heterocycles. The third kappa shape index (κ3) is 5.83. The van der Waals surface area contributed by atoms with Crippen molar-refractivity contribution in [2.24, 2.45) is 0 Å². The predicted octanol–water partition coefficient (Wildman–Crippen LogP) is 16.2. The largest absolute Gasteiger partial charge is 0.356 e. The minimum Gasteiger partial charge on any atom is -0.356 e. The molecule has 0 bridgehead atoms. The number of nitrogens with one attached hydrogen (secondary N) is 1. The van der Waals surface area contributed by atoms with Crippen molar-refractivity contribution in [1.82, 2.24) is 0 Å². The van der Waals surface area contributed by atoms with Gasteiger partial charge in [0.25, 0.3) is 0 Å². The number of nitrogens with zero attached hydrogens (tertiary/aromatic N) is 1. The summed E-state index contributed by atoms with van der Waals surface area (Å²) < 4.78 is 0. The summed E-state index contributed by atoms with van der Waals surface area (Å²) in [6.07, 6.45) is 1.03. The molecule has 2 nitrogen and oxygen atoms in total. The molecule has 1 N–H and O–H groups in total. The van der Waals surface area contributed by atoms with Crippen molar-refractivity contribution in [3.05, 3.63) is 221 Å². The zero-order chi connectivity index (χ0) is 42.6. The Balaban J connectivity index is 0.966. The van der Waals surface area contributed by atoms with E-state index in [1.165, 1.54) is 83.7 Å². The van der Waals surface area contributed by atoms with Crippen LogP contribution in [0.15, 0.2) is 182 Å². The van der Waals surface area contributed by atoms with Crippen molar-refractivity contribution in [1.29, 1.82) is 0 Å². The van der Waals surface area contributed by atoms with Gasteiger partial charge in [-0.25, -0.2) is 0 Å². The van der Waals surface area contributed by atoms with Crippen molar-refractivity contribution in [2.75, 3.05) is 10.2 Å². The summed E-state index contributed by atoms with van der Waals surface area (Å²) in [5, 5.41) is 3.76. The van der Waals surface area contributed by atoms with Crippen LogP contribution in [-0.4, -0.2) is 0 Å². The van der Waals surface area contributed by atoms with Gasteiger partial charge >= 0.3 is 0 Å². The highest BCUT2D eigenvalue weighted by Crippen LogP contribution is 2.56. The molecule has 0 saturated carbocycles. The first kappa shape index (κ1) is 38.3. The summed E-state index contributed by atoms with van der Waals surface area (Å²) in [6.45, 7) is 16.7. The molecular weight excluding hydrogens is 749 g/mol. The summed E-state index contributed by atoms with van der Waals surface area (Å²) in [4.78, 5) is 2.48. The second-order valence-electron chi connectivity index (χ2n) is 19.9. The quantitative estimate of drug-likeness (QED) is 0.173. The van der Waals surface area contributed by atoms with Gasteiger partial charge in [0.15, 0.2) is 0 Å². The van der Waals surface area contributed by atoms with Crippen LogP contribution in [0.1, 0.15) is 93.8 Å². The average Bonchev–Trinajstić information content (AvgIpc) is 3.76. The molecule has 8 aromatic rings. The summed E-state index contributed by atoms with van der Waals surface area (Å²) in [5.74, 6) is 0. The zero-order valence-corrected chi connectivity index (χ0v) is 37.0. The standard InChI is InChI=1S/C60H54N2/c1-57(2)38-60(7,41-23-25-42(26-24-41)61-43-27-32-49-47-17-11-13-19-51(47)58(3,4)54(49)35-43)56-37-46(31-34-53(56)57)62(44-28-21-40(22-29-44)39-15-9-8-10-16-39)45-30-33-50-48-18-12-14-20-52(48)59(5,6)55(50)36-45/h8-37,61H,38H2,1-7H3. The van der Waals surface area contributed by atoms with E-state index in [0.717, 1.165) is 23.5 Å². The van der Waals surface area contributed by atoms with Gasteiger partial charge in [0.2, 0.25) is 0 Å². The summed E-state index contributed by atoms with van der Waals surface area (Å²) in [7, 11) is 0. The van der Waals surface area contributed by atoms with Crippen LogP contribution < -0.4 is 10.2 Å². The number of anilines is 5. The maximum atomic E-state index is 3.76. The van der Waals surface area contributed by atoms with E-state index in [2.05, 4.69) is 241 Å². The van der Waals surface area contributed by atoms with E-state index in [0.29, 0.717) is 0 Å². The van der Waals surface area contributed by atoms with Gasteiger partial charge in [0.1, 0.15) is 0 Å². The van der Waals surface area contributed by atoms with Crippen LogP contribution in [0.3, 0.4) is 0 Å². The van der Waals surface area contributed by atoms with E-state index < -0.39 is 0 Å². The lowest BCUT2D eigenvalue weighted by Crippen LogP contribution is -2.23. The Morgan fingerprint density at radius 3 is 1.50 bits per heavy atom. The van der Waals surface area contributed by atoms with E-state index in [-0.39, 0.29) is 21.7 Å². The average molecular weight is 803 g/mol. The van der Waals surface area contributed by atoms with Crippen molar-refractivity contribution in [2.45, 2.75) is 76.5 Å². The highest BCUT2D eigenvalue weighted by molar-refractivity contribution is 5.87. The molecule has 304 valence electrons. The van der Waals surface area contributed by atoms with Crippen LogP contribution in [0.2, 0.25) is 0 Å². The highest BCUT2D eigenvalue weighted by atomic mass is 15.1. The van der Waals surface area contributed by atoms with Gasteiger partial charge in [-0.15, -0.1) is 0 Å². The number of hydrogen-bond acceptors (Lipinski definition) is 2. The molecule has 0 fully saturated rings. The molecule has 62 heavy (non-hydrogen) atoms. The lowest BCUT2D eigenvalue weighted by molar-refractivity contribution is 0.425. The van der Waals surface area contributed by atoms with Gasteiger partial charge < -0.3 is 10.2 Å². The van der Waals surface area contributed by atoms with E-state index in [9.17, 15) is 0 Å². The Hall–Kier alpha value is -6.64. The van der Waals surface area contributed by atoms with Gasteiger partial charge in [0.05, 0.1) is 0 Å². The maximum Gasteiger partial charge on any atom is 0.0465 e. The van der Waals surface area contributed by atoms with Crippen LogP contribution in [0.5, 0.6) is 0 Å². The Morgan fingerprint density at radius 2 is 0.855 bits per heavy atom. The monoisotopic (exact) mass is 802 g/mol. The van der Waals surface area contributed by atoms with Gasteiger partial charge in [-0.2, -0.15) is 0 Å². The number of benzene rings is 8. The zero-order valence-electron chi connectivity index (χ0n) is 37.0. The number of rotatable bonds is 7. The van der Waals surface area contributed by atoms with Crippen LogP contribution in [0.4, 0.5) is 28.4 Å². The van der Waals surface area contributed by atoms with Gasteiger partial charge in [-0.3, -0.25) is 0 Å². The minimum absolute atomic E-state index is 0.0138. The van der Waals surface area contributed by atoms with Gasteiger partial charge in [0, 0.05) is 44.7 Å². The fourth-order valence-electron chi connectivity index (χ4n) is 11.6. The SMILES string of the molecule is CC1(C)CC(C)(c2ccc(Nc3ccc4c(c3)C(C)(C)c3ccccc3-4)cc2)c2cc(N(c3ccc(-c4ccccc4)cc3)c3ccc4c(c3)C(C)(C)c3ccccc3-4)ccc21. The van der Waals surface area contributed by atoms with E-state index in [1.807, 2.05) is 0 Å². The fourth-order valence-corrected chi connectivity index (χ4v) is 11.6. The summed E-state index contributed by atoms with van der Waals surface area (Å²) >= 11 is 0. The lowest BCUT2D eigenvalue weighted by Gasteiger charge is -2.31. The molecular formula is C60H54N2. The first-order valence-electron chi connectivity index (χ1n) is 22.3. The van der Waals surface area contributed by atoms with Crippen LogP contribution in [0, 0.1) is 0 Å². The molecule has 0 amide bonds. The highest BCUT2D eigenvalue weighted by Gasteiger charge is 2.46. The van der Waals surface area contributed by atoms with Crippen LogP contribution in [-0.2, 0) is 21.7 Å². The van der Waals surface area contributed by atoms with Crippen molar-refractivity contribution < 1.29 is 0 Å². The molecule has 8 aromatic carbocycles. The van der Waals surface area contributed by atoms with E-state index in [4.69, 9.17) is 0 Å². The Morgan fingerprint density at radius 1 is 0.371 bits per heavy atom. The van der Waals surface area contributed by atoms with Crippen LogP contribution in [0.25, 0.3) is 33.4 Å². The summed E-state index contributed by atoms with van der Waals surface area (Å²) in [5.41, 5.74) is 22.9. The molecule has 3 aliphatic rings. The van der Waals surface area contributed by atoms with E-state index in [1.54, 1.807) is 0 Å². The number of fused-ring (bicyclic) bond motifs is 7. The molecule has 2 heteroatoms. The fraction of sp³-hybridized carbons (Fsp3) is 0.200. The second-order valence-corrected chi connectivity index (χ2v) is 19.9. The third-order valence-electron chi connectivity index (χ3n) is 14.8. The van der Waals surface area contributed by atoms with Gasteiger partial charge in [-0.05, 0) is 145 Å². The first-order chi connectivity index (χ1) is 29.8. The minimum atomic E-state index is -0.179. The Kier molecular flexibility index (Phi) is 8.45. The topological polar surface area (TPSA) is 15.3 Å². The Bertz CT molecular complexity index is 3040. The van der Waals surface area contributed by atoms with Crippen LogP contribution >= 0.6 is 0 Å². The van der Waals surface area contributed by atoms with Gasteiger partial charge in [-0.1, -0.05) is 170 Å². The van der Waals surface area contributed by atoms with Crippen molar-refractivity contribution in [3.63, 3.8) is 0 Å². The molecule has 0 heterocycles. The third-order valence-corrected chi connectivity index (χ3v) is 14.8. The molecule has 0 aromatic heterocycles. The predicted molar refractivity (Wildman–Crippen MR) is 262 cm³/mol. The molecule has 1 unspecified atom stereocenters. The molecule has 0 saturated heterocycles. The molecule has 3 aliphatic carbocycles. The number of hydrogen-bond donors (Lipinski definition) is 1. The molecule has 0 radical (unpaired) electrons. The van der Waals surface area contributed by atoms with Crippen molar-refractivity contribution >= 4 is 28.4 Å². The second kappa shape index (κ2) is 13.7. The van der Waals surface area contributed by atoms with E-state index >= 15 is 0 Å². The molecule has 11 rings (SSSR count). The molecule has 0 spiro atoms. The van der Waals surface area contributed by atoms with Crippen molar-refractivity contribution in [3.8, 4) is 33.4 Å². The first-order valence-corrected chi connectivity index (χ1v) is 22.3. The normalized spacial score (nSPS) is 18.0. The maximum absolute atomic E-state index is 3.76. The smallest absolute Gasteiger partial charge is 0.0465 e. The molecule has 1 atom stereocenters. The lowest BCUT2D eigenvalue weighted by atomic mass is 9.75. The summed E-state index contributed by atoms with van der Waals surface area (Å²) in [6, 6.07) is 68.1.